The molecule has 5 rings (SSSR count). The normalized spacial score (nSPS) is 21.6. The first-order valence-corrected chi connectivity index (χ1v) is 12.9. The summed E-state index contributed by atoms with van der Waals surface area (Å²) in [7, 11) is 0. The van der Waals surface area contributed by atoms with Gasteiger partial charge in [0.25, 0.3) is 0 Å². The molecule has 190 valence electrons. The molecule has 1 fully saturated rings. The fourth-order valence-corrected chi connectivity index (χ4v) is 5.28. The molecular weight excluding hydrogens is 478 g/mol. The van der Waals surface area contributed by atoms with Crippen molar-refractivity contribution in [3.05, 3.63) is 64.8 Å². The van der Waals surface area contributed by atoms with Gasteiger partial charge in [0.1, 0.15) is 23.4 Å². The Morgan fingerprint density at radius 1 is 1.08 bits per heavy atom. The summed E-state index contributed by atoms with van der Waals surface area (Å²) in [5.74, 6) is 2.74. The number of carbonyl (C=O) groups is 1. The van der Waals surface area contributed by atoms with Crippen LogP contribution in [0.15, 0.2) is 42.6 Å². The van der Waals surface area contributed by atoms with Gasteiger partial charge in [0.05, 0.1) is 5.69 Å². The zero-order valence-electron chi connectivity index (χ0n) is 20.9. The Hall–Kier alpha value is -3.13. The Bertz CT molecular complexity index is 1220. The van der Waals surface area contributed by atoms with Gasteiger partial charge < -0.3 is 14.8 Å². The standard InChI is InChI=1S/C27H32ClN5O3/c1-27(2,3)36-26(34)30-20-15-18-14-19(28)9-12-22(18)33-23(16-20)31-32-25(33)17-7-10-21(11-8-17)35-24-6-4-5-13-29-24/h4-6,9,12-14,17,20-21H,7-8,10-11,15-16H2,1-3H3,(H,30,34)/t17-,20?,21-. The summed E-state index contributed by atoms with van der Waals surface area (Å²) in [6.45, 7) is 5.56. The third-order valence-corrected chi connectivity index (χ3v) is 6.85. The summed E-state index contributed by atoms with van der Waals surface area (Å²) < 4.78 is 13.8. The molecule has 1 aliphatic heterocycles. The first kappa shape index (κ1) is 24.6. The summed E-state index contributed by atoms with van der Waals surface area (Å²) in [6.07, 6.45) is 6.42. The average Bonchev–Trinajstić information content (AvgIpc) is 3.15. The van der Waals surface area contributed by atoms with Crippen molar-refractivity contribution in [2.45, 2.75) is 83.0 Å². The van der Waals surface area contributed by atoms with Crippen LogP contribution in [0.4, 0.5) is 4.79 Å². The van der Waals surface area contributed by atoms with Crippen LogP contribution in [0.2, 0.25) is 5.02 Å². The van der Waals surface area contributed by atoms with E-state index in [2.05, 4.69) is 25.1 Å². The largest absolute Gasteiger partial charge is 0.474 e. The van der Waals surface area contributed by atoms with Crippen LogP contribution >= 0.6 is 11.6 Å². The molecule has 8 nitrogen and oxygen atoms in total. The number of benzene rings is 1. The monoisotopic (exact) mass is 509 g/mol. The van der Waals surface area contributed by atoms with Gasteiger partial charge in [-0.15, -0.1) is 10.2 Å². The summed E-state index contributed by atoms with van der Waals surface area (Å²) >= 11 is 6.37. The maximum Gasteiger partial charge on any atom is 0.407 e. The number of nitrogens with one attached hydrogen (secondary N) is 1. The van der Waals surface area contributed by atoms with E-state index in [9.17, 15) is 4.79 Å². The van der Waals surface area contributed by atoms with E-state index in [1.807, 2.05) is 57.2 Å². The van der Waals surface area contributed by atoms with E-state index in [-0.39, 0.29) is 18.1 Å². The molecule has 1 saturated carbocycles. The summed E-state index contributed by atoms with van der Waals surface area (Å²) in [5.41, 5.74) is 1.51. The molecule has 2 aliphatic rings. The smallest absolute Gasteiger partial charge is 0.407 e. The lowest BCUT2D eigenvalue weighted by Crippen LogP contribution is -2.41. The van der Waals surface area contributed by atoms with E-state index in [1.165, 1.54) is 0 Å². The van der Waals surface area contributed by atoms with E-state index in [0.29, 0.717) is 23.7 Å². The van der Waals surface area contributed by atoms with Gasteiger partial charge in [-0.05, 0) is 82.7 Å². The molecule has 3 aromatic rings. The zero-order chi connectivity index (χ0) is 25.3. The lowest BCUT2D eigenvalue weighted by atomic mass is 9.86. The number of aromatic nitrogens is 4. The van der Waals surface area contributed by atoms with Gasteiger partial charge in [-0.25, -0.2) is 9.78 Å². The molecule has 1 atom stereocenters. The summed E-state index contributed by atoms with van der Waals surface area (Å²) in [5, 5.41) is 12.9. The van der Waals surface area contributed by atoms with Gasteiger partial charge >= 0.3 is 6.09 Å². The van der Waals surface area contributed by atoms with Crippen molar-refractivity contribution in [2.75, 3.05) is 0 Å². The number of halogens is 1. The first-order chi connectivity index (χ1) is 17.2. The maximum absolute atomic E-state index is 12.5. The molecule has 0 spiro atoms. The molecule has 0 saturated heterocycles. The lowest BCUT2D eigenvalue weighted by molar-refractivity contribution is 0.0504. The second-order valence-corrected chi connectivity index (χ2v) is 11.0. The van der Waals surface area contributed by atoms with Gasteiger partial charge in [-0.3, -0.25) is 4.57 Å². The molecule has 3 heterocycles. The van der Waals surface area contributed by atoms with Crippen molar-refractivity contribution in [3.8, 4) is 11.6 Å². The highest BCUT2D eigenvalue weighted by atomic mass is 35.5. The minimum Gasteiger partial charge on any atom is -0.474 e. The van der Waals surface area contributed by atoms with Gasteiger partial charge in [0, 0.05) is 35.7 Å². The van der Waals surface area contributed by atoms with Crippen LogP contribution in [0.3, 0.4) is 0 Å². The molecule has 1 aromatic carbocycles. The third kappa shape index (κ3) is 5.64. The van der Waals surface area contributed by atoms with Gasteiger partial charge in [-0.2, -0.15) is 0 Å². The Balaban J connectivity index is 1.36. The molecule has 2 aromatic heterocycles. The zero-order valence-corrected chi connectivity index (χ0v) is 21.7. The quantitative estimate of drug-likeness (QED) is 0.505. The predicted octanol–water partition coefficient (Wildman–Crippen LogP) is 5.41. The summed E-state index contributed by atoms with van der Waals surface area (Å²) in [4.78, 5) is 16.8. The van der Waals surface area contributed by atoms with Crippen LogP contribution in [-0.4, -0.2) is 43.6 Å². The summed E-state index contributed by atoms with van der Waals surface area (Å²) in [6, 6.07) is 11.4. The van der Waals surface area contributed by atoms with Gasteiger partial charge in [-0.1, -0.05) is 17.7 Å². The van der Waals surface area contributed by atoms with E-state index in [4.69, 9.17) is 21.1 Å². The number of hydrogen-bond donors (Lipinski definition) is 1. The second kappa shape index (κ2) is 10.1. The van der Waals surface area contributed by atoms with Crippen molar-refractivity contribution in [2.24, 2.45) is 0 Å². The van der Waals surface area contributed by atoms with Gasteiger partial charge in [0.2, 0.25) is 5.88 Å². The van der Waals surface area contributed by atoms with Crippen molar-refractivity contribution in [1.29, 1.82) is 0 Å². The molecule has 1 unspecified atom stereocenters. The minimum atomic E-state index is -0.567. The van der Waals surface area contributed by atoms with E-state index < -0.39 is 11.7 Å². The van der Waals surface area contributed by atoms with Crippen molar-refractivity contribution in [1.82, 2.24) is 25.1 Å². The lowest BCUT2D eigenvalue weighted by Gasteiger charge is -2.28. The van der Waals surface area contributed by atoms with Crippen molar-refractivity contribution in [3.63, 3.8) is 0 Å². The van der Waals surface area contributed by atoms with E-state index in [1.54, 1.807) is 6.20 Å². The number of alkyl carbamates (subject to hydrolysis) is 1. The van der Waals surface area contributed by atoms with Crippen LogP contribution in [0.1, 0.15) is 69.6 Å². The molecule has 0 bridgehead atoms. The fourth-order valence-electron chi connectivity index (χ4n) is 5.09. The first-order valence-electron chi connectivity index (χ1n) is 12.6. The predicted molar refractivity (Wildman–Crippen MR) is 137 cm³/mol. The minimum absolute atomic E-state index is 0.149. The molecule has 36 heavy (non-hydrogen) atoms. The number of pyridine rings is 1. The Morgan fingerprint density at radius 2 is 1.89 bits per heavy atom. The average molecular weight is 510 g/mol. The molecule has 1 aliphatic carbocycles. The van der Waals surface area contributed by atoms with Gasteiger partial charge in [0.15, 0.2) is 0 Å². The molecular formula is C27H32ClN5O3. The third-order valence-electron chi connectivity index (χ3n) is 6.62. The molecule has 1 amide bonds. The SMILES string of the molecule is CC(C)(C)OC(=O)NC1Cc2cc(Cl)ccc2-n2c(nnc2[C@H]2CC[C@H](Oc3ccccn3)CC2)C1. The maximum atomic E-state index is 12.5. The number of ether oxygens (including phenoxy) is 2. The van der Waals surface area contributed by atoms with E-state index >= 15 is 0 Å². The molecule has 1 N–H and O–H groups in total. The highest BCUT2D eigenvalue weighted by Crippen LogP contribution is 2.37. The van der Waals surface area contributed by atoms with Crippen LogP contribution in [0, 0.1) is 0 Å². The number of rotatable bonds is 4. The Morgan fingerprint density at radius 3 is 2.61 bits per heavy atom. The van der Waals surface area contributed by atoms with Crippen LogP contribution in [0.5, 0.6) is 5.88 Å². The van der Waals surface area contributed by atoms with Crippen LogP contribution in [-0.2, 0) is 17.6 Å². The van der Waals surface area contributed by atoms with E-state index in [0.717, 1.165) is 48.6 Å². The van der Waals surface area contributed by atoms with Crippen LogP contribution in [0.25, 0.3) is 5.69 Å². The molecule has 0 radical (unpaired) electrons. The van der Waals surface area contributed by atoms with Crippen molar-refractivity contribution >= 4 is 17.7 Å². The number of hydrogen-bond acceptors (Lipinski definition) is 6. The van der Waals surface area contributed by atoms with Crippen molar-refractivity contribution < 1.29 is 14.3 Å². The second-order valence-electron chi connectivity index (χ2n) is 10.6. The highest BCUT2D eigenvalue weighted by Gasteiger charge is 2.32. The number of amides is 1. The topological polar surface area (TPSA) is 91.2 Å². The Kier molecular flexibility index (Phi) is 6.88. The number of nitrogens with zero attached hydrogens (tertiary/aromatic N) is 4. The number of fused-ring (bicyclic) bond motifs is 3. The fraction of sp³-hybridized carbons (Fsp3) is 0.481. The Labute approximate surface area is 216 Å². The number of carbonyl (C=O) groups excluding carboxylic acids is 1. The highest BCUT2D eigenvalue weighted by molar-refractivity contribution is 6.30. The molecule has 9 heteroatoms. The van der Waals surface area contributed by atoms with Crippen LogP contribution < -0.4 is 10.1 Å².